The maximum Gasteiger partial charge on any atom is 0.406 e. The van der Waals surface area contributed by atoms with E-state index in [0.29, 0.717) is 23.1 Å². The van der Waals surface area contributed by atoms with Crippen molar-refractivity contribution in [3.8, 4) is 0 Å². The molecule has 1 aromatic heterocycles. The lowest BCUT2D eigenvalue weighted by molar-refractivity contribution is -0.134. The van der Waals surface area contributed by atoms with Crippen molar-refractivity contribution in [3.63, 3.8) is 0 Å². The molecule has 1 aromatic rings. The number of nitrogens with zero attached hydrogens (tertiary/aromatic N) is 2. The van der Waals surface area contributed by atoms with Crippen molar-refractivity contribution >= 4 is 11.6 Å². The Bertz CT molecular complexity index is 609. The number of pyridine rings is 1. The van der Waals surface area contributed by atoms with Crippen LogP contribution in [-0.2, 0) is 10.2 Å². The predicted molar refractivity (Wildman–Crippen MR) is 72.2 cm³/mol. The number of hydrogen-bond donors (Lipinski definition) is 0. The Labute approximate surface area is 121 Å². The van der Waals surface area contributed by atoms with Crippen LogP contribution in [0.3, 0.4) is 0 Å². The first-order valence-corrected chi connectivity index (χ1v) is 7.00. The van der Waals surface area contributed by atoms with Crippen LogP contribution >= 0.6 is 0 Å². The number of anilines is 1. The molecule has 2 aliphatic rings. The molecule has 1 amide bonds. The summed E-state index contributed by atoms with van der Waals surface area (Å²) < 4.78 is 38.3. The third-order valence-corrected chi connectivity index (χ3v) is 4.47. The van der Waals surface area contributed by atoms with Gasteiger partial charge in [0.05, 0.1) is 11.1 Å². The lowest BCUT2D eigenvalue weighted by atomic mass is 9.87. The molecule has 6 heteroatoms. The number of hydrogen-bond acceptors (Lipinski definition) is 2. The fraction of sp³-hybridized carbons (Fsp3) is 0.600. The topological polar surface area (TPSA) is 33.2 Å². The molecule has 0 saturated heterocycles. The Balaban J connectivity index is 2.04. The first kappa shape index (κ1) is 14.4. The van der Waals surface area contributed by atoms with Crippen molar-refractivity contribution in [2.75, 3.05) is 11.4 Å². The zero-order valence-corrected chi connectivity index (χ0v) is 12.2. The van der Waals surface area contributed by atoms with E-state index in [1.54, 1.807) is 26.1 Å². The highest BCUT2D eigenvalue weighted by Crippen LogP contribution is 2.49. The smallest absolute Gasteiger partial charge is 0.302 e. The summed E-state index contributed by atoms with van der Waals surface area (Å²) in [6.45, 7) is 4.13. The summed E-state index contributed by atoms with van der Waals surface area (Å²) in [5.74, 6) is 0.302. The first-order chi connectivity index (χ1) is 9.61. The average Bonchev–Trinajstić information content (AvgIpc) is 3.06. The molecule has 1 saturated carbocycles. The Hall–Kier alpha value is -1.59. The van der Waals surface area contributed by atoms with E-state index in [0.717, 1.165) is 17.0 Å². The van der Waals surface area contributed by atoms with E-state index in [-0.39, 0.29) is 0 Å². The van der Waals surface area contributed by atoms with Crippen LogP contribution in [0.2, 0.25) is 0 Å². The molecule has 0 radical (unpaired) electrons. The number of carbonyl (C=O) groups is 1. The van der Waals surface area contributed by atoms with Crippen molar-refractivity contribution < 1.29 is 18.0 Å². The summed E-state index contributed by atoms with van der Waals surface area (Å²) >= 11 is 0. The summed E-state index contributed by atoms with van der Waals surface area (Å²) in [5, 5.41) is 0. The van der Waals surface area contributed by atoms with E-state index in [1.165, 1.54) is 0 Å². The fourth-order valence-electron chi connectivity index (χ4n) is 3.00. The molecule has 2 atom stereocenters. The molecule has 21 heavy (non-hydrogen) atoms. The summed E-state index contributed by atoms with van der Waals surface area (Å²) in [5.41, 5.74) is 0.778. The average molecular weight is 298 g/mol. The second-order valence-corrected chi connectivity index (χ2v) is 6.58. The zero-order valence-electron chi connectivity index (χ0n) is 12.2. The molecule has 0 aromatic carbocycles. The van der Waals surface area contributed by atoms with Crippen LogP contribution in [-0.4, -0.2) is 23.6 Å². The maximum absolute atomic E-state index is 12.8. The maximum atomic E-state index is 12.8. The lowest BCUT2D eigenvalue weighted by Gasteiger charge is -2.21. The second kappa shape index (κ2) is 4.21. The van der Waals surface area contributed by atoms with Gasteiger partial charge < -0.3 is 4.90 Å². The van der Waals surface area contributed by atoms with Crippen molar-refractivity contribution in [1.29, 1.82) is 0 Å². The Kier molecular flexibility index (Phi) is 2.88. The molecule has 114 valence electrons. The van der Waals surface area contributed by atoms with E-state index in [1.807, 2.05) is 0 Å². The van der Waals surface area contributed by atoms with E-state index in [9.17, 15) is 18.0 Å². The van der Waals surface area contributed by atoms with Crippen LogP contribution in [0.15, 0.2) is 12.3 Å². The molecule has 3 rings (SSSR count). The second-order valence-electron chi connectivity index (χ2n) is 6.58. The van der Waals surface area contributed by atoms with Gasteiger partial charge in [-0.25, -0.2) is 0 Å². The van der Waals surface area contributed by atoms with Crippen LogP contribution < -0.4 is 4.90 Å². The van der Waals surface area contributed by atoms with Crippen molar-refractivity contribution in [1.82, 2.24) is 4.98 Å². The molecule has 1 aliphatic heterocycles. The van der Waals surface area contributed by atoms with Gasteiger partial charge in [0.15, 0.2) is 0 Å². The van der Waals surface area contributed by atoms with E-state index >= 15 is 0 Å². The van der Waals surface area contributed by atoms with Gasteiger partial charge in [0.2, 0.25) is 5.91 Å². The Morgan fingerprint density at radius 1 is 1.43 bits per heavy atom. The number of fused-ring (bicyclic) bond motifs is 1. The van der Waals surface area contributed by atoms with Gasteiger partial charge in [-0.15, -0.1) is 0 Å². The van der Waals surface area contributed by atoms with E-state index < -0.39 is 24.0 Å². The van der Waals surface area contributed by atoms with Gasteiger partial charge in [-0.2, -0.15) is 13.2 Å². The molecule has 1 aliphatic carbocycles. The number of aromatic nitrogens is 1. The number of carbonyl (C=O) groups excluding carboxylic acids is 1. The molecular weight excluding hydrogens is 281 g/mol. The minimum atomic E-state index is -4.41. The van der Waals surface area contributed by atoms with Crippen LogP contribution in [0.1, 0.15) is 44.4 Å². The van der Waals surface area contributed by atoms with Gasteiger partial charge in [-0.3, -0.25) is 9.78 Å². The van der Waals surface area contributed by atoms with Crippen molar-refractivity contribution in [3.05, 3.63) is 23.5 Å². The molecule has 0 spiro atoms. The minimum absolute atomic E-state index is 0.307. The predicted octanol–water partition coefficient (Wildman–Crippen LogP) is 3.39. The SMILES string of the molecule is C[C@H]1C[C@@H]1c1cc2c(cn1)C(C)(C)C(=O)N2CC(F)(F)F. The number of amides is 1. The van der Waals surface area contributed by atoms with Crippen LogP contribution in [0.25, 0.3) is 0 Å². The van der Waals surface area contributed by atoms with Gasteiger partial charge in [0, 0.05) is 23.4 Å². The highest BCUT2D eigenvalue weighted by atomic mass is 19.4. The lowest BCUT2D eigenvalue weighted by Crippen LogP contribution is -2.41. The molecule has 0 N–H and O–H groups in total. The third-order valence-electron chi connectivity index (χ3n) is 4.47. The standard InChI is InChI=1S/C15H17F3N2O/c1-8-4-9(8)11-5-12-10(6-19-11)14(2,3)13(21)20(12)7-15(16,17)18/h5-6,8-9H,4,7H2,1-3H3/t8-,9-/m0/s1. The Morgan fingerprint density at radius 2 is 2.05 bits per heavy atom. The summed E-state index contributed by atoms with van der Waals surface area (Å²) in [6.07, 6.45) is -1.84. The van der Waals surface area contributed by atoms with Crippen LogP contribution in [0.4, 0.5) is 18.9 Å². The highest BCUT2D eigenvalue weighted by molar-refractivity contribution is 6.07. The summed E-state index contributed by atoms with van der Waals surface area (Å²) in [6, 6.07) is 1.67. The fourth-order valence-corrected chi connectivity index (χ4v) is 3.00. The largest absolute Gasteiger partial charge is 0.406 e. The van der Waals surface area contributed by atoms with E-state index in [4.69, 9.17) is 0 Å². The molecule has 1 fully saturated rings. The van der Waals surface area contributed by atoms with Crippen LogP contribution in [0.5, 0.6) is 0 Å². The van der Waals surface area contributed by atoms with Gasteiger partial charge in [0.1, 0.15) is 6.54 Å². The summed E-state index contributed by atoms with van der Waals surface area (Å²) in [4.78, 5) is 17.5. The van der Waals surface area contributed by atoms with E-state index in [2.05, 4.69) is 11.9 Å². The minimum Gasteiger partial charge on any atom is -0.302 e. The first-order valence-electron chi connectivity index (χ1n) is 7.00. The molecule has 0 bridgehead atoms. The van der Waals surface area contributed by atoms with Gasteiger partial charge >= 0.3 is 6.18 Å². The highest BCUT2D eigenvalue weighted by Gasteiger charge is 2.48. The van der Waals surface area contributed by atoms with Crippen molar-refractivity contribution in [2.45, 2.75) is 44.7 Å². The van der Waals surface area contributed by atoms with Gasteiger partial charge in [0.25, 0.3) is 0 Å². The molecule has 3 nitrogen and oxygen atoms in total. The summed E-state index contributed by atoms with van der Waals surface area (Å²) in [7, 11) is 0. The quantitative estimate of drug-likeness (QED) is 0.838. The monoisotopic (exact) mass is 298 g/mol. The zero-order chi connectivity index (χ0) is 15.6. The number of alkyl halides is 3. The van der Waals surface area contributed by atoms with Gasteiger partial charge in [-0.05, 0) is 32.3 Å². The normalized spacial score (nSPS) is 27.0. The van der Waals surface area contributed by atoms with Crippen LogP contribution in [0, 0.1) is 5.92 Å². The van der Waals surface area contributed by atoms with Gasteiger partial charge in [-0.1, -0.05) is 6.92 Å². The molecular formula is C15H17F3N2O. The molecule has 2 heterocycles. The Morgan fingerprint density at radius 3 is 2.57 bits per heavy atom. The van der Waals surface area contributed by atoms with Crippen molar-refractivity contribution in [2.24, 2.45) is 5.92 Å². The number of halogens is 3. The third kappa shape index (κ3) is 2.30. The molecule has 0 unspecified atom stereocenters. The number of rotatable bonds is 2.